The highest BCUT2D eigenvalue weighted by Crippen LogP contribution is 2.20. The van der Waals surface area contributed by atoms with Crippen LogP contribution in [0.2, 0.25) is 0 Å². The smallest absolute Gasteiger partial charge is 0.329 e. The molecule has 1 N–H and O–H groups in total. The number of ether oxygens (including phenoxy) is 1. The van der Waals surface area contributed by atoms with Crippen LogP contribution in [0.3, 0.4) is 0 Å². The van der Waals surface area contributed by atoms with Crippen molar-refractivity contribution in [3.05, 3.63) is 35.9 Å². The quantitative estimate of drug-likeness (QED) is 0.817. The highest BCUT2D eigenvalue weighted by Gasteiger charge is 2.34. The molecule has 5 nitrogen and oxygen atoms in total. The summed E-state index contributed by atoms with van der Waals surface area (Å²) in [7, 11) is 1.47. The molecule has 1 rings (SSSR count). The summed E-state index contributed by atoms with van der Waals surface area (Å²) in [5.41, 5.74) is -0.491. The summed E-state index contributed by atoms with van der Waals surface area (Å²) >= 11 is 0. The summed E-state index contributed by atoms with van der Waals surface area (Å²) in [6, 6.07) is 7.34. The number of likely N-dealkylation sites (N-methyl/N-ethyl adjacent to an activating group) is 1. The molecule has 0 saturated heterocycles. The lowest BCUT2D eigenvalue weighted by Crippen LogP contribution is -2.50. The molecule has 5 heteroatoms. The highest BCUT2D eigenvalue weighted by atomic mass is 16.5. The van der Waals surface area contributed by atoms with Gasteiger partial charge in [0.25, 0.3) is 0 Å². The highest BCUT2D eigenvalue weighted by molar-refractivity contribution is 5.95. The molecule has 0 heterocycles. The van der Waals surface area contributed by atoms with Crippen molar-refractivity contribution in [1.82, 2.24) is 4.90 Å². The van der Waals surface area contributed by atoms with Gasteiger partial charge in [-0.3, -0.25) is 4.79 Å². The van der Waals surface area contributed by atoms with Gasteiger partial charge in [-0.2, -0.15) is 0 Å². The van der Waals surface area contributed by atoms with Crippen molar-refractivity contribution in [3.63, 3.8) is 0 Å². The number of carbonyl (C=O) groups is 2. The Morgan fingerprint density at radius 1 is 1.33 bits per heavy atom. The third-order valence-electron chi connectivity index (χ3n) is 3.32. The topological polar surface area (TPSA) is 66.8 Å². The van der Waals surface area contributed by atoms with Gasteiger partial charge in [-0.1, -0.05) is 18.2 Å². The first kappa shape index (κ1) is 16.8. The number of benzene rings is 1. The van der Waals surface area contributed by atoms with Crippen LogP contribution in [0.5, 0.6) is 5.75 Å². The van der Waals surface area contributed by atoms with Gasteiger partial charge in [0.15, 0.2) is 0 Å². The molecule has 0 bridgehead atoms. The molecule has 21 heavy (non-hydrogen) atoms. The molecule has 0 aromatic heterocycles. The molecule has 0 aliphatic rings. The van der Waals surface area contributed by atoms with E-state index in [2.05, 4.69) is 0 Å². The van der Waals surface area contributed by atoms with Crippen LogP contribution in [0.15, 0.2) is 30.3 Å². The number of amides is 1. The molecule has 0 aliphatic carbocycles. The molecule has 0 spiro atoms. The number of rotatable bonds is 6. The molecule has 1 aromatic carbocycles. The first-order valence-electron chi connectivity index (χ1n) is 6.71. The maximum absolute atomic E-state index is 12.1. The lowest BCUT2D eigenvalue weighted by molar-refractivity contribution is -0.153. The molecular formula is C16H21NO4. The first-order valence-corrected chi connectivity index (χ1v) is 6.71. The summed E-state index contributed by atoms with van der Waals surface area (Å²) in [5, 5.41) is 9.12. The van der Waals surface area contributed by atoms with E-state index in [1.807, 2.05) is 31.2 Å². The predicted octanol–water partition coefficient (Wildman–Crippen LogP) is 2.42. The number of hydrogen-bond acceptors (Lipinski definition) is 3. The van der Waals surface area contributed by atoms with E-state index in [0.717, 1.165) is 5.56 Å². The molecule has 1 amide bonds. The van der Waals surface area contributed by atoms with Crippen LogP contribution >= 0.6 is 0 Å². The second-order valence-electron chi connectivity index (χ2n) is 5.07. The summed E-state index contributed by atoms with van der Waals surface area (Å²) in [6.07, 6.45) is 2.98. The molecule has 0 atom stereocenters. The zero-order valence-electron chi connectivity index (χ0n) is 12.8. The van der Waals surface area contributed by atoms with Crippen LogP contribution in [0.1, 0.15) is 26.3 Å². The number of aliphatic carboxylic acids is 1. The third kappa shape index (κ3) is 4.08. The maximum Gasteiger partial charge on any atom is 0.329 e. The second-order valence-corrected chi connectivity index (χ2v) is 5.07. The second kappa shape index (κ2) is 6.92. The van der Waals surface area contributed by atoms with Gasteiger partial charge in [0, 0.05) is 18.7 Å². The Labute approximate surface area is 124 Å². The summed E-state index contributed by atoms with van der Waals surface area (Å²) in [4.78, 5) is 24.4. The van der Waals surface area contributed by atoms with Gasteiger partial charge in [0.2, 0.25) is 5.91 Å². The van der Waals surface area contributed by atoms with E-state index in [-0.39, 0.29) is 5.91 Å². The van der Waals surface area contributed by atoms with Gasteiger partial charge < -0.3 is 14.7 Å². The lowest BCUT2D eigenvalue weighted by atomic mass is 10.0. The van der Waals surface area contributed by atoms with Crippen molar-refractivity contribution in [2.75, 3.05) is 13.7 Å². The summed E-state index contributed by atoms with van der Waals surface area (Å²) in [6.45, 7) is 5.38. The van der Waals surface area contributed by atoms with Crippen molar-refractivity contribution < 1.29 is 19.4 Å². The minimum atomic E-state index is -1.26. The van der Waals surface area contributed by atoms with Crippen LogP contribution in [0.25, 0.3) is 6.08 Å². The summed E-state index contributed by atoms with van der Waals surface area (Å²) in [5.74, 6) is -0.751. The fourth-order valence-electron chi connectivity index (χ4n) is 1.60. The average molecular weight is 291 g/mol. The van der Waals surface area contributed by atoms with E-state index in [4.69, 9.17) is 9.84 Å². The fraction of sp³-hybridized carbons (Fsp3) is 0.375. The molecule has 0 saturated carbocycles. The van der Waals surface area contributed by atoms with Gasteiger partial charge in [-0.05, 0) is 32.9 Å². The Kier molecular flexibility index (Phi) is 5.52. The molecule has 114 valence electrons. The Balaban J connectivity index is 2.91. The first-order chi connectivity index (χ1) is 9.80. The van der Waals surface area contributed by atoms with Gasteiger partial charge in [0.1, 0.15) is 11.3 Å². The molecule has 0 unspecified atom stereocenters. The molecule has 0 fully saturated rings. The Morgan fingerprint density at radius 2 is 1.95 bits per heavy atom. The minimum absolute atomic E-state index is 0.381. The van der Waals surface area contributed by atoms with Gasteiger partial charge >= 0.3 is 5.97 Å². The van der Waals surface area contributed by atoms with Crippen LogP contribution in [-0.4, -0.2) is 41.1 Å². The largest absolute Gasteiger partial charge is 0.493 e. The molecular weight excluding hydrogens is 270 g/mol. The van der Waals surface area contributed by atoms with Crippen LogP contribution in [-0.2, 0) is 9.59 Å². The van der Waals surface area contributed by atoms with E-state index in [1.165, 1.54) is 31.9 Å². The summed E-state index contributed by atoms with van der Waals surface area (Å²) < 4.78 is 5.46. The van der Waals surface area contributed by atoms with E-state index in [9.17, 15) is 9.59 Å². The fourth-order valence-corrected chi connectivity index (χ4v) is 1.60. The Bertz CT molecular complexity index is 549. The van der Waals surface area contributed by atoms with E-state index >= 15 is 0 Å². The van der Waals surface area contributed by atoms with Crippen molar-refractivity contribution in [2.45, 2.75) is 26.3 Å². The van der Waals surface area contributed by atoms with Gasteiger partial charge in [-0.25, -0.2) is 4.79 Å². The third-order valence-corrected chi connectivity index (χ3v) is 3.32. The van der Waals surface area contributed by atoms with E-state index in [1.54, 1.807) is 6.08 Å². The normalized spacial score (nSPS) is 11.4. The minimum Gasteiger partial charge on any atom is -0.493 e. The van der Waals surface area contributed by atoms with Crippen molar-refractivity contribution in [2.24, 2.45) is 0 Å². The molecule has 0 aliphatic heterocycles. The predicted molar refractivity (Wildman–Crippen MR) is 81.1 cm³/mol. The van der Waals surface area contributed by atoms with Crippen molar-refractivity contribution in [1.29, 1.82) is 0 Å². The van der Waals surface area contributed by atoms with Gasteiger partial charge in [-0.15, -0.1) is 0 Å². The van der Waals surface area contributed by atoms with Crippen molar-refractivity contribution >= 4 is 18.0 Å². The Morgan fingerprint density at radius 3 is 2.52 bits per heavy atom. The number of hydrogen-bond donors (Lipinski definition) is 1. The maximum atomic E-state index is 12.1. The standard InChI is InChI=1S/C16H21NO4/c1-5-21-13-9-7-6-8-12(13)10-11-14(18)17(4)16(2,3)15(19)20/h6-11H,5H2,1-4H3,(H,19,20). The van der Waals surface area contributed by atoms with Crippen LogP contribution in [0.4, 0.5) is 0 Å². The number of carboxylic acids is 1. The number of carboxylic acid groups (broad SMARTS) is 1. The van der Waals surface area contributed by atoms with Gasteiger partial charge in [0.05, 0.1) is 6.61 Å². The zero-order valence-corrected chi connectivity index (χ0v) is 12.8. The van der Waals surface area contributed by atoms with Crippen LogP contribution in [0, 0.1) is 0 Å². The lowest BCUT2D eigenvalue weighted by Gasteiger charge is -2.30. The molecule has 0 radical (unpaired) electrons. The molecule has 1 aromatic rings. The SMILES string of the molecule is CCOc1ccccc1C=CC(=O)N(C)C(C)(C)C(=O)O. The van der Waals surface area contributed by atoms with E-state index in [0.29, 0.717) is 12.4 Å². The van der Waals surface area contributed by atoms with E-state index < -0.39 is 11.5 Å². The number of nitrogens with zero attached hydrogens (tertiary/aromatic N) is 1. The zero-order chi connectivity index (χ0) is 16.0. The number of carbonyl (C=O) groups excluding carboxylic acids is 1. The monoisotopic (exact) mass is 291 g/mol. The van der Waals surface area contributed by atoms with Crippen molar-refractivity contribution in [3.8, 4) is 5.75 Å². The van der Waals surface area contributed by atoms with Crippen LogP contribution < -0.4 is 4.74 Å². The Hall–Kier alpha value is -2.30. The number of para-hydroxylation sites is 1. The average Bonchev–Trinajstić information content (AvgIpc) is 2.45.